The number of amides is 1. The maximum Gasteiger partial charge on any atom is 0.418 e. The molecule has 6 nitrogen and oxygen atoms in total. The Morgan fingerprint density at radius 3 is 2.46 bits per heavy atom. The first-order chi connectivity index (χ1) is 13.2. The lowest BCUT2D eigenvalue weighted by atomic mass is 10.1. The molecule has 1 aliphatic rings. The Morgan fingerprint density at radius 1 is 1.18 bits per heavy atom. The number of piperazine rings is 1. The number of carbonyl (C=O) groups is 1. The number of benzene rings is 1. The number of para-hydroxylation sites is 1. The van der Waals surface area contributed by atoms with Gasteiger partial charge >= 0.3 is 6.18 Å². The van der Waals surface area contributed by atoms with Crippen LogP contribution in [0.4, 0.5) is 24.0 Å². The van der Waals surface area contributed by atoms with Crippen molar-refractivity contribution in [3.05, 3.63) is 34.8 Å². The van der Waals surface area contributed by atoms with Gasteiger partial charge in [0.25, 0.3) is 0 Å². The molecule has 2 heterocycles. The fourth-order valence-corrected chi connectivity index (χ4v) is 3.81. The number of halogens is 3. The predicted octanol–water partition coefficient (Wildman–Crippen LogP) is 3.44. The highest BCUT2D eigenvalue weighted by atomic mass is 32.1. The third-order valence-corrected chi connectivity index (χ3v) is 5.73. The van der Waals surface area contributed by atoms with E-state index < -0.39 is 17.6 Å². The lowest BCUT2D eigenvalue weighted by Gasteiger charge is -2.33. The van der Waals surface area contributed by atoms with E-state index in [4.69, 9.17) is 0 Å². The van der Waals surface area contributed by atoms with Gasteiger partial charge in [-0.05, 0) is 12.1 Å². The van der Waals surface area contributed by atoms with Gasteiger partial charge in [-0.2, -0.15) is 13.2 Å². The molecular formula is C18H22F3N5OS. The topological polar surface area (TPSA) is 61.4 Å². The Bertz CT molecular complexity index is 816. The van der Waals surface area contributed by atoms with E-state index in [1.807, 2.05) is 4.90 Å². The summed E-state index contributed by atoms with van der Waals surface area (Å²) >= 11 is 1.57. The minimum Gasteiger partial charge on any atom is -0.344 e. The summed E-state index contributed by atoms with van der Waals surface area (Å²) in [6.45, 7) is 6.83. The maximum absolute atomic E-state index is 13.0. The van der Waals surface area contributed by atoms with E-state index in [1.165, 1.54) is 18.2 Å². The zero-order valence-electron chi connectivity index (χ0n) is 15.7. The summed E-state index contributed by atoms with van der Waals surface area (Å²) in [5.74, 6) is -0.126. The second-order valence-corrected chi connectivity index (χ2v) is 7.92. The molecule has 0 aliphatic carbocycles. The highest BCUT2D eigenvalue weighted by Gasteiger charge is 2.33. The predicted molar refractivity (Wildman–Crippen MR) is 103 cm³/mol. The molecule has 1 amide bonds. The zero-order chi connectivity index (χ0) is 20.3. The molecule has 0 atom stereocenters. The van der Waals surface area contributed by atoms with Crippen LogP contribution in [-0.2, 0) is 11.0 Å². The van der Waals surface area contributed by atoms with Crippen LogP contribution < -0.4 is 10.2 Å². The van der Waals surface area contributed by atoms with Crippen LogP contribution in [0, 0.1) is 0 Å². The number of hydrogen-bond donors (Lipinski definition) is 1. The van der Waals surface area contributed by atoms with Crippen LogP contribution in [-0.4, -0.2) is 53.7 Å². The number of aromatic nitrogens is 2. The molecule has 0 radical (unpaired) electrons. The van der Waals surface area contributed by atoms with E-state index in [-0.39, 0.29) is 12.2 Å². The van der Waals surface area contributed by atoms with Crippen molar-refractivity contribution in [1.29, 1.82) is 0 Å². The lowest BCUT2D eigenvalue weighted by molar-refractivity contribution is -0.137. The Kier molecular flexibility index (Phi) is 6.19. The highest BCUT2D eigenvalue weighted by molar-refractivity contribution is 7.15. The van der Waals surface area contributed by atoms with Gasteiger partial charge < -0.3 is 10.2 Å². The molecule has 2 aromatic rings. The Hall–Kier alpha value is -2.20. The molecule has 0 saturated carbocycles. The Balaban J connectivity index is 1.53. The normalized spacial score (nSPS) is 15.9. The average molecular weight is 413 g/mol. The van der Waals surface area contributed by atoms with Crippen LogP contribution in [0.25, 0.3) is 0 Å². The number of rotatable bonds is 5. The molecule has 3 rings (SSSR count). The van der Waals surface area contributed by atoms with Crippen molar-refractivity contribution in [3.8, 4) is 0 Å². The number of carbonyl (C=O) groups excluding carboxylic acids is 1. The van der Waals surface area contributed by atoms with Gasteiger partial charge in [-0.3, -0.25) is 9.69 Å². The SMILES string of the molecule is CC(C)c1nnc(N2CCN(CC(=O)Nc3ccccc3C(F)(F)F)CC2)s1. The first-order valence-corrected chi connectivity index (χ1v) is 9.82. The summed E-state index contributed by atoms with van der Waals surface area (Å²) in [7, 11) is 0. The van der Waals surface area contributed by atoms with Crippen molar-refractivity contribution in [2.75, 3.05) is 42.9 Å². The molecule has 1 fully saturated rings. The molecule has 10 heteroatoms. The molecule has 1 aromatic heterocycles. The van der Waals surface area contributed by atoms with E-state index in [0.29, 0.717) is 32.1 Å². The molecule has 1 N–H and O–H groups in total. The summed E-state index contributed by atoms with van der Waals surface area (Å²) in [6.07, 6.45) is -4.51. The van der Waals surface area contributed by atoms with Crippen molar-refractivity contribution in [3.63, 3.8) is 0 Å². The number of nitrogens with one attached hydrogen (secondary N) is 1. The van der Waals surface area contributed by atoms with Gasteiger partial charge in [0.2, 0.25) is 11.0 Å². The van der Waals surface area contributed by atoms with E-state index >= 15 is 0 Å². The Labute approximate surface area is 165 Å². The first kappa shape index (κ1) is 20.5. The van der Waals surface area contributed by atoms with Crippen LogP contribution in [0.1, 0.15) is 30.3 Å². The van der Waals surface area contributed by atoms with E-state index in [9.17, 15) is 18.0 Å². The molecule has 0 spiro atoms. The summed E-state index contributed by atoms with van der Waals surface area (Å²) in [6, 6.07) is 5.00. The van der Waals surface area contributed by atoms with Gasteiger partial charge in [-0.1, -0.05) is 37.3 Å². The number of alkyl halides is 3. The van der Waals surface area contributed by atoms with Crippen LogP contribution >= 0.6 is 11.3 Å². The third kappa shape index (κ3) is 4.99. The Morgan fingerprint density at radius 2 is 1.86 bits per heavy atom. The van der Waals surface area contributed by atoms with Crippen LogP contribution in [0.5, 0.6) is 0 Å². The minimum absolute atomic E-state index is 0.0490. The van der Waals surface area contributed by atoms with Gasteiger partial charge in [-0.25, -0.2) is 0 Å². The number of nitrogens with zero attached hydrogens (tertiary/aromatic N) is 4. The molecule has 1 saturated heterocycles. The quantitative estimate of drug-likeness (QED) is 0.814. The molecule has 0 unspecified atom stereocenters. The monoisotopic (exact) mass is 413 g/mol. The maximum atomic E-state index is 13.0. The average Bonchev–Trinajstić information content (AvgIpc) is 3.12. The largest absolute Gasteiger partial charge is 0.418 e. The van der Waals surface area contributed by atoms with Crippen LogP contribution in [0.2, 0.25) is 0 Å². The van der Waals surface area contributed by atoms with Crippen molar-refractivity contribution in [2.24, 2.45) is 0 Å². The summed E-state index contributed by atoms with van der Waals surface area (Å²) in [5.41, 5.74) is -1.06. The lowest BCUT2D eigenvalue weighted by Crippen LogP contribution is -2.48. The van der Waals surface area contributed by atoms with Crippen LogP contribution in [0.3, 0.4) is 0 Å². The van der Waals surface area contributed by atoms with Gasteiger partial charge in [0.1, 0.15) is 5.01 Å². The molecular weight excluding hydrogens is 391 g/mol. The van der Waals surface area contributed by atoms with Crippen molar-refractivity contribution >= 4 is 28.1 Å². The van der Waals surface area contributed by atoms with Crippen molar-refractivity contribution < 1.29 is 18.0 Å². The van der Waals surface area contributed by atoms with Gasteiger partial charge in [0.05, 0.1) is 17.8 Å². The second-order valence-electron chi connectivity index (χ2n) is 6.93. The molecule has 0 bridgehead atoms. The third-order valence-electron chi connectivity index (χ3n) is 4.44. The fourth-order valence-electron chi connectivity index (χ4n) is 2.92. The minimum atomic E-state index is -4.51. The van der Waals surface area contributed by atoms with Crippen molar-refractivity contribution in [2.45, 2.75) is 25.9 Å². The van der Waals surface area contributed by atoms with Crippen LogP contribution in [0.15, 0.2) is 24.3 Å². The van der Waals surface area contributed by atoms with Gasteiger partial charge in [0.15, 0.2) is 0 Å². The van der Waals surface area contributed by atoms with Crippen molar-refractivity contribution in [1.82, 2.24) is 15.1 Å². The smallest absolute Gasteiger partial charge is 0.344 e. The summed E-state index contributed by atoms with van der Waals surface area (Å²) in [5, 5.41) is 12.7. The molecule has 1 aliphatic heterocycles. The van der Waals surface area contributed by atoms with Gasteiger partial charge in [0, 0.05) is 32.1 Å². The van der Waals surface area contributed by atoms with Gasteiger partial charge in [-0.15, -0.1) is 10.2 Å². The fraction of sp³-hybridized carbons (Fsp3) is 0.500. The van der Waals surface area contributed by atoms with E-state index in [1.54, 1.807) is 11.3 Å². The highest BCUT2D eigenvalue weighted by Crippen LogP contribution is 2.34. The summed E-state index contributed by atoms with van der Waals surface area (Å²) in [4.78, 5) is 16.3. The standard InChI is InChI=1S/C18H22F3N5OS/c1-12(2)16-23-24-17(28-16)26-9-7-25(8-10-26)11-15(27)22-14-6-4-3-5-13(14)18(19,20)21/h3-6,12H,7-11H2,1-2H3,(H,22,27). The first-order valence-electron chi connectivity index (χ1n) is 9.01. The molecule has 152 valence electrons. The molecule has 1 aromatic carbocycles. The second kappa shape index (κ2) is 8.44. The number of hydrogen-bond acceptors (Lipinski definition) is 6. The van der Waals surface area contributed by atoms with E-state index in [2.05, 4.69) is 34.3 Å². The summed E-state index contributed by atoms with van der Waals surface area (Å²) < 4.78 is 39.1. The number of anilines is 2. The van der Waals surface area contributed by atoms with E-state index in [0.717, 1.165) is 16.2 Å². The molecule has 28 heavy (non-hydrogen) atoms. The zero-order valence-corrected chi connectivity index (χ0v) is 16.5.